The number of alkyl carbamates (subject to hydrolysis) is 1. The number of amides is 1. The normalized spacial score (nSPS) is 11.5. The van der Waals surface area contributed by atoms with Gasteiger partial charge in [-0.25, -0.2) is 19.2 Å². The van der Waals surface area contributed by atoms with E-state index in [4.69, 9.17) is 42.6 Å². The number of carbonyl (C=O) groups is 4. The van der Waals surface area contributed by atoms with Gasteiger partial charge < -0.3 is 62.5 Å². The van der Waals surface area contributed by atoms with Crippen molar-refractivity contribution in [2.45, 2.75) is 25.8 Å². The molecule has 298 valence electrons. The summed E-state index contributed by atoms with van der Waals surface area (Å²) in [4.78, 5) is 93.0. The van der Waals surface area contributed by atoms with Gasteiger partial charge in [0.25, 0.3) is 15.3 Å². The third-order valence-electron chi connectivity index (χ3n) is 5.69. The first-order valence-electron chi connectivity index (χ1n) is 15.2. The first-order valence-corrected chi connectivity index (χ1v) is 15.2. The second kappa shape index (κ2) is 25.9. The summed E-state index contributed by atoms with van der Waals surface area (Å²) < 4.78 is 45.3. The van der Waals surface area contributed by atoms with Crippen molar-refractivity contribution in [3.63, 3.8) is 0 Å². The van der Waals surface area contributed by atoms with E-state index in [1.54, 1.807) is 0 Å². The maximum Gasteiger partial charge on any atom is 0.514 e. The summed E-state index contributed by atoms with van der Waals surface area (Å²) in [7, 11) is 0. The Labute approximate surface area is 298 Å². The average molecular weight is 771 g/mol. The van der Waals surface area contributed by atoms with Gasteiger partial charge in [0.2, 0.25) is 0 Å². The highest BCUT2D eigenvalue weighted by Gasteiger charge is 2.38. The minimum absolute atomic E-state index is 0.0650. The van der Waals surface area contributed by atoms with Crippen LogP contribution in [0.3, 0.4) is 0 Å². The minimum Gasteiger partial charge on any atom is -0.464 e. The van der Waals surface area contributed by atoms with Crippen LogP contribution in [0.2, 0.25) is 0 Å². The summed E-state index contributed by atoms with van der Waals surface area (Å²) in [6.45, 7) is -0.339. The van der Waals surface area contributed by atoms with Crippen LogP contribution in [0, 0.1) is 30.3 Å². The molecule has 0 saturated heterocycles. The number of ether oxygens (including phenoxy) is 9. The number of rotatable bonds is 28. The van der Waals surface area contributed by atoms with Gasteiger partial charge in [0.1, 0.15) is 45.2 Å². The lowest BCUT2D eigenvalue weighted by Gasteiger charge is -2.28. The van der Waals surface area contributed by atoms with E-state index in [0.717, 1.165) is 0 Å². The number of nitrogens with zero attached hydrogens (tertiary/aromatic N) is 3. The Bertz CT molecular complexity index is 1350. The van der Waals surface area contributed by atoms with Crippen molar-refractivity contribution >= 4 is 24.4 Å². The van der Waals surface area contributed by atoms with Crippen LogP contribution in [-0.4, -0.2) is 131 Å². The Morgan fingerprint density at radius 1 is 0.623 bits per heavy atom. The largest absolute Gasteiger partial charge is 0.514 e. The van der Waals surface area contributed by atoms with E-state index in [1.807, 2.05) is 0 Å². The van der Waals surface area contributed by atoms with Crippen LogP contribution in [-0.2, 0) is 58.9 Å². The molecule has 1 aromatic rings. The van der Waals surface area contributed by atoms with Gasteiger partial charge in [0, 0.05) is 6.42 Å². The van der Waals surface area contributed by atoms with Crippen molar-refractivity contribution in [1.29, 1.82) is 0 Å². The van der Waals surface area contributed by atoms with Gasteiger partial charge in [-0.05, 0) is 31.5 Å². The van der Waals surface area contributed by atoms with Gasteiger partial charge in [-0.15, -0.1) is 30.3 Å². The monoisotopic (exact) mass is 770 g/mol. The zero-order valence-electron chi connectivity index (χ0n) is 28.5. The summed E-state index contributed by atoms with van der Waals surface area (Å²) in [6.07, 6.45) is -3.95. The van der Waals surface area contributed by atoms with Crippen LogP contribution in [0.4, 0.5) is 14.4 Å². The van der Waals surface area contributed by atoms with E-state index in [0.29, 0.717) is 0 Å². The molecule has 0 saturated carbocycles. The molecule has 26 nitrogen and oxygen atoms in total. The summed E-state index contributed by atoms with van der Waals surface area (Å²) >= 11 is 0. The molecule has 0 radical (unpaired) electrons. The lowest BCUT2D eigenvalue weighted by molar-refractivity contribution is -0.758. The molecule has 0 aliphatic carbocycles. The highest BCUT2D eigenvalue weighted by molar-refractivity contribution is 5.85. The fraction of sp³-hybridized carbons (Fsp3) is 0.630. The Balaban J connectivity index is 2.99. The second-order valence-corrected chi connectivity index (χ2v) is 9.68. The summed E-state index contributed by atoms with van der Waals surface area (Å²) in [5, 5.41) is 29.9. The number of nitrogens with one attached hydrogen (secondary N) is 1. The zero-order valence-corrected chi connectivity index (χ0v) is 28.5. The molecule has 1 N–H and O–H groups in total. The third-order valence-corrected chi connectivity index (χ3v) is 5.69. The van der Waals surface area contributed by atoms with Crippen LogP contribution in [0.25, 0.3) is 0 Å². The summed E-state index contributed by atoms with van der Waals surface area (Å²) in [5.41, 5.74) is -1.56. The second-order valence-electron chi connectivity index (χ2n) is 9.68. The first kappa shape index (κ1) is 45.0. The molecule has 26 heteroatoms. The van der Waals surface area contributed by atoms with E-state index < -0.39 is 50.9 Å². The quantitative estimate of drug-likeness (QED) is 0.0310. The van der Waals surface area contributed by atoms with E-state index >= 15 is 0 Å². The van der Waals surface area contributed by atoms with Crippen molar-refractivity contribution in [3.8, 4) is 11.5 Å². The highest BCUT2D eigenvalue weighted by atomic mass is 17.0. The maximum atomic E-state index is 13.0. The lowest BCUT2D eigenvalue weighted by Crippen LogP contribution is -2.54. The van der Waals surface area contributed by atoms with Crippen molar-refractivity contribution in [2.24, 2.45) is 0 Å². The molecule has 0 bridgehead atoms. The molecule has 0 spiro atoms. The molecule has 0 fully saturated rings. The van der Waals surface area contributed by atoms with E-state index in [1.165, 1.54) is 32.0 Å². The van der Waals surface area contributed by atoms with Crippen LogP contribution in [0.1, 0.15) is 19.4 Å². The van der Waals surface area contributed by atoms with Gasteiger partial charge in [-0.3, -0.25) is 0 Å². The van der Waals surface area contributed by atoms with Crippen molar-refractivity contribution in [3.05, 3.63) is 54.1 Å². The highest BCUT2D eigenvalue weighted by Crippen LogP contribution is 2.31. The summed E-state index contributed by atoms with van der Waals surface area (Å²) in [5.74, 6) is -1.66. The molecule has 0 aliphatic rings. The van der Waals surface area contributed by atoms with Crippen LogP contribution in [0.5, 0.6) is 11.5 Å². The number of carbonyl (C=O) groups excluding carboxylic acids is 4. The van der Waals surface area contributed by atoms with Crippen LogP contribution >= 0.6 is 0 Å². The molecule has 0 heterocycles. The molecule has 0 aliphatic heterocycles. The van der Waals surface area contributed by atoms with E-state index in [-0.39, 0.29) is 104 Å². The van der Waals surface area contributed by atoms with Gasteiger partial charge in [-0.1, -0.05) is 6.07 Å². The Hall–Kier alpha value is -6.02. The SMILES string of the molecule is CCOC(=O)C(C)(Cc1ccc(OC(=O)OCCOCCO[N+](=O)[O-])c(OC(=O)OCCOCCO[N+](=O)[O-])c1)NC(=O)OCCOCCO[N+](=O)[O-]. The molecule has 53 heavy (non-hydrogen) atoms. The van der Waals surface area contributed by atoms with Crippen molar-refractivity contribution in [1.82, 2.24) is 5.32 Å². The summed E-state index contributed by atoms with van der Waals surface area (Å²) in [6, 6.07) is 3.71. The molecule has 1 amide bonds. The number of hydrogen-bond acceptors (Lipinski definition) is 22. The fourth-order valence-corrected chi connectivity index (χ4v) is 3.57. The molecule has 1 atom stereocenters. The Morgan fingerprint density at radius 2 is 1.06 bits per heavy atom. The van der Waals surface area contributed by atoms with Gasteiger partial charge in [0.05, 0.1) is 46.2 Å². The molecular formula is C27H38N4O22. The minimum atomic E-state index is -1.78. The smallest absolute Gasteiger partial charge is 0.464 e. The average Bonchev–Trinajstić information content (AvgIpc) is 3.07. The third kappa shape index (κ3) is 21.7. The fourth-order valence-electron chi connectivity index (χ4n) is 3.57. The Morgan fingerprint density at radius 3 is 1.51 bits per heavy atom. The predicted octanol–water partition coefficient (Wildman–Crippen LogP) is 0.983. The first-order chi connectivity index (χ1) is 25.2. The number of hydrogen-bond donors (Lipinski definition) is 1. The predicted molar refractivity (Wildman–Crippen MR) is 165 cm³/mol. The van der Waals surface area contributed by atoms with E-state index in [9.17, 15) is 49.5 Å². The van der Waals surface area contributed by atoms with Gasteiger partial charge in [0.15, 0.2) is 11.5 Å². The maximum absolute atomic E-state index is 13.0. The van der Waals surface area contributed by atoms with Crippen molar-refractivity contribution < 1.29 is 91.6 Å². The van der Waals surface area contributed by atoms with E-state index in [2.05, 4.69) is 19.8 Å². The molecule has 1 aromatic carbocycles. The van der Waals surface area contributed by atoms with Gasteiger partial charge in [-0.2, -0.15) is 0 Å². The molecule has 1 rings (SSSR count). The van der Waals surface area contributed by atoms with Gasteiger partial charge >= 0.3 is 24.4 Å². The molecule has 0 aromatic heterocycles. The van der Waals surface area contributed by atoms with Crippen molar-refractivity contribution in [2.75, 3.05) is 85.9 Å². The molecule has 1 unspecified atom stereocenters. The topological polar surface area (TPSA) is 320 Å². The Kier molecular flexibility index (Phi) is 22.0. The molecular weight excluding hydrogens is 732 g/mol. The standard InChI is InChI=1S/C27H38N4O22/c1-3-45-23(32)27(2,28-24(33)46-12-6-42-9-15-49-29(36)37)19-20-4-5-21(52-25(34)47-13-7-43-10-16-50-30(38)39)22(18-20)53-26(35)48-14-8-44-11-17-51-31(40)41/h4-5,18H,3,6-17,19H2,1-2H3,(H,28,33). The number of benzene rings is 1. The number of esters is 1. The van der Waals surface area contributed by atoms with Crippen LogP contribution < -0.4 is 14.8 Å². The van der Waals surface area contributed by atoms with Crippen LogP contribution in [0.15, 0.2) is 18.2 Å². The lowest BCUT2D eigenvalue weighted by atomic mass is 9.92. The zero-order chi connectivity index (χ0) is 39.5.